The van der Waals surface area contributed by atoms with Gasteiger partial charge in [0.25, 0.3) is 5.91 Å². The Morgan fingerprint density at radius 1 is 0.972 bits per heavy atom. The van der Waals surface area contributed by atoms with E-state index in [4.69, 9.17) is 16.2 Å². The molecule has 2 amide bonds. The number of hydrogen-bond acceptors (Lipinski definition) is 5. The molecule has 2 aliphatic rings. The van der Waals surface area contributed by atoms with Gasteiger partial charge in [0.15, 0.2) is 6.61 Å². The largest absolute Gasteiger partial charge is 0.482 e. The fourth-order valence-electron chi connectivity index (χ4n) is 3.89. The maximum absolute atomic E-state index is 12.4. The third kappa shape index (κ3) is 7.34. The lowest BCUT2D eigenvalue weighted by molar-refractivity contribution is -0.140. The number of nitrogens with two attached hydrogens (primary N) is 2. The number of ether oxygens (including phenoxy) is 1. The molecule has 2 aromatic carbocycles. The number of primary amides is 1. The second kappa shape index (κ2) is 12.2. The molecule has 1 fully saturated rings. The van der Waals surface area contributed by atoms with E-state index in [0.29, 0.717) is 16.8 Å². The van der Waals surface area contributed by atoms with Gasteiger partial charge in [-0.3, -0.25) is 14.5 Å². The van der Waals surface area contributed by atoms with Crippen molar-refractivity contribution < 1.29 is 27.5 Å². The minimum absolute atomic E-state index is 0.0513. The second-order valence-electron chi connectivity index (χ2n) is 8.44. The highest BCUT2D eigenvalue weighted by Gasteiger charge is 2.33. The molecule has 0 atom stereocenters. The molecule has 0 spiro atoms. The summed E-state index contributed by atoms with van der Waals surface area (Å²) in [5.74, 6) is -0.203. The Hall–Kier alpha value is -3.82. The van der Waals surface area contributed by atoms with Crippen molar-refractivity contribution in [1.29, 1.82) is 0 Å². The Labute approximate surface area is 207 Å². The number of nitrogens with zero attached hydrogens (tertiary/aromatic N) is 2. The Bertz CT molecular complexity index is 1190. The van der Waals surface area contributed by atoms with Crippen LogP contribution in [0.1, 0.15) is 44.2 Å². The number of fused-ring (bicyclic) bond motifs is 2. The molecule has 0 radical (unpaired) electrons. The zero-order valence-electron chi connectivity index (χ0n) is 19.8. The fraction of sp³-hybridized carbons (Fsp3) is 0.346. The number of anilines is 2. The van der Waals surface area contributed by atoms with E-state index in [1.54, 1.807) is 42.5 Å². The van der Waals surface area contributed by atoms with Crippen molar-refractivity contribution in [2.45, 2.75) is 44.7 Å². The number of aromatic nitrogens is 1. The van der Waals surface area contributed by atoms with Crippen LogP contribution in [-0.4, -0.2) is 29.9 Å². The summed E-state index contributed by atoms with van der Waals surface area (Å²) in [6, 6.07) is 14.3. The average molecular weight is 503 g/mol. The first-order valence-electron chi connectivity index (χ1n) is 11.7. The van der Waals surface area contributed by atoms with Gasteiger partial charge in [0.05, 0.1) is 11.2 Å². The molecular weight excluding hydrogens is 473 g/mol. The van der Waals surface area contributed by atoms with Crippen molar-refractivity contribution in [3.05, 3.63) is 60.3 Å². The van der Waals surface area contributed by atoms with Gasteiger partial charge in [-0.2, -0.15) is 13.2 Å². The maximum Gasteiger partial charge on any atom is 0.433 e. The van der Waals surface area contributed by atoms with Crippen LogP contribution in [0, 0.1) is 0 Å². The Kier molecular flexibility index (Phi) is 9.10. The molecule has 5 rings (SSSR count). The molecule has 1 aromatic heterocycles. The molecule has 3 aromatic rings. The molecule has 10 heteroatoms. The van der Waals surface area contributed by atoms with Gasteiger partial charge in [0, 0.05) is 11.1 Å². The molecule has 192 valence electrons. The van der Waals surface area contributed by atoms with E-state index < -0.39 is 17.8 Å². The van der Waals surface area contributed by atoms with Gasteiger partial charge >= 0.3 is 6.18 Å². The number of benzene rings is 2. The van der Waals surface area contributed by atoms with Gasteiger partial charge in [-0.25, -0.2) is 4.98 Å². The molecule has 0 bridgehead atoms. The summed E-state index contributed by atoms with van der Waals surface area (Å²) >= 11 is 0. The van der Waals surface area contributed by atoms with E-state index in [-0.39, 0.29) is 30.3 Å². The number of amides is 2. The van der Waals surface area contributed by atoms with Crippen LogP contribution in [-0.2, 0) is 15.8 Å². The predicted octanol–water partition coefficient (Wildman–Crippen LogP) is 5.07. The van der Waals surface area contributed by atoms with Crippen LogP contribution in [0.3, 0.4) is 0 Å². The number of alkyl halides is 3. The average Bonchev–Trinajstić information content (AvgIpc) is 2.87. The number of pyridine rings is 1. The zero-order valence-corrected chi connectivity index (χ0v) is 19.8. The van der Waals surface area contributed by atoms with Crippen LogP contribution in [0.5, 0.6) is 5.75 Å². The summed E-state index contributed by atoms with van der Waals surface area (Å²) in [6.45, 7) is -0.163. The molecular formula is C26H29F3N4O3. The monoisotopic (exact) mass is 502 g/mol. The van der Waals surface area contributed by atoms with Crippen molar-refractivity contribution in [1.82, 2.24) is 4.98 Å². The third-order valence-corrected chi connectivity index (χ3v) is 5.66. The number of nitrogen functional groups attached to an aromatic ring is 1. The summed E-state index contributed by atoms with van der Waals surface area (Å²) in [7, 11) is 0. The molecule has 1 aliphatic carbocycles. The van der Waals surface area contributed by atoms with Crippen LogP contribution >= 0.6 is 0 Å². The van der Waals surface area contributed by atoms with E-state index >= 15 is 0 Å². The van der Waals surface area contributed by atoms with E-state index in [2.05, 4.69) is 4.98 Å². The minimum atomic E-state index is -4.46. The van der Waals surface area contributed by atoms with Crippen molar-refractivity contribution >= 4 is 34.1 Å². The first-order valence-corrected chi connectivity index (χ1v) is 11.7. The first-order chi connectivity index (χ1) is 17.2. The Morgan fingerprint density at radius 2 is 1.56 bits per heavy atom. The van der Waals surface area contributed by atoms with Crippen LogP contribution in [0.15, 0.2) is 54.6 Å². The lowest BCUT2D eigenvalue weighted by atomic mass is 10.0. The van der Waals surface area contributed by atoms with E-state index in [0.717, 1.165) is 6.07 Å². The van der Waals surface area contributed by atoms with Gasteiger partial charge < -0.3 is 16.2 Å². The number of rotatable bonds is 2. The predicted molar refractivity (Wildman–Crippen MR) is 132 cm³/mol. The summed E-state index contributed by atoms with van der Waals surface area (Å²) in [5, 5.41) is 0.533. The highest BCUT2D eigenvalue weighted by atomic mass is 19.4. The van der Waals surface area contributed by atoms with Gasteiger partial charge in [0.2, 0.25) is 5.91 Å². The number of hydrogen-bond donors (Lipinski definition) is 2. The highest BCUT2D eigenvalue weighted by Crippen LogP contribution is 2.32. The number of halogens is 3. The van der Waals surface area contributed by atoms with Gasteiger partial charge in [-0.1, -0.05) is 68.9 Å². The van der Waals surface area contributed by atoms with Crippen molar-refractivity contribution in [2.24, 2.45) is 5.73 Å². The molecule has 0 unspecified atom stereocenters. The minimum Gasteiger partial charge on any atom is -0.482 e. The van der Waals surface area contributed by atoms with Crippen LogP contribution in [0.25, 0.3) is 10.9 Å². The summed E-state index contributed by atoms with van der Waals surface area (Å²) in [5.41, 5.74) is 10.6. The SMILES string of the molecule is C1CCCCC1.NC(=O)CN1C(=O)COc2ccccc21.Nc1cc(C(F)(F)F)nc2ccccc12. The normalized spacial score (nSPS) is 15.0. The Morgan fingerprint density at radius 3 is 2.17 bits per heavy atom. The topological polar surface area (TPSA) is 112 Å². The summed E-state index contributed by atoms with van der Waals surface area (Å²) in [6.07, 6.45) is 4.54. The molecule has 1 saturated carbocycles. The zero-order chi connectivity index (χ0) is 26.1. The van der Waals surface area contributed by atoms with Crippen LogP contribution in [0.4, 0.5) is 24.5 Å². The lowest BCUT2D eigenvalue weighted by Crippen LogP contribution is -2.43. The van der Waals surface area contributed by atoms with E-state index in [1.165, 1.54) is 49.5 Å². The van der Waals surface area contributed by atoms with Gasteiger partial charge in [-0.05, 0) is 24.3 Å². The third-order valence-electron chi connectivity index (χ3n) is 5.66. The maximum atomic E-state index is 12.4. The fourth-order valence-corrected chi connectivity index (χ4v) is 3.89. The second-order valence-corrected chi connectivity index (χ2v) is 8.44. The highest BCUT2D eigenvalue weighted by molar-refractivity contribution is 6.01. The molecule has 4 N–H and O–H groups in total. The number of carbonyl (C=O) groups excluding carboxylic acids is 2. The van der Waals surface area contributed by atoms with Gasteiger partial charge in [0.1, 0.15) is 18.0 Å². The molecule has 2 heterocycles. The molecule has 7 nitrogen and oxygen atoms in total. The number of carbonyl (C=O) groups is 2. The Balaban J connectivity index is 0.000000164. The molecule has 1 aliphatic heterocycles. The van der Waals surface area contributed by atoms with E-state index in [1.807, 2.05) is 0 Å². The van der Waals surface area contributed by atoms with Crippen LogP contribution < -0.4 is 21.1 Å². The van der Waals surface area contributed by atoms with E-state index in [9.17, 15) is 22.8 Å². The lowest BCUT2D eigenvalue weighted by Gasteiger charge is -2.28. The standard InChI is InChI=1S/C10H7F3N2.C10H10N2O3.C6H12/c11-10(12,13)9-5-7(14)6-3-1-2-4-8(6)15-9;11-9(13)5-12-7-3-1-2-4-8(7)15-6-10(12)14;1-2-4-6-5-3-1/h1-5H,(H2,14,15);1-4H,5-6H2,(H2,11,13);1-6H2. The quantitative estimate of drug-likeness (QED) is 0.508. The summed E-state index contributed by atoms with van der Waals surface area (Å²) in [4.78, 5) is 27.1. The summed E-state index contributed by atoms with van der Waals surface area (Å²) < 4.78 is 42.3. The van der Waals surface area contributed by atoms with Crippen molar-refractivity contribution in [3.8, 4) is 5.75 Å². The first kappa shape index (κ1) is 26.8. The van der Waals surface area contributed by atoms with Crippen molar-refractivity contribution in [3.63, 3.8) is 0 Å². The van der Waals surface area contributed by atoms with Crippen LogP contribution in [0.2, 0.25) is 0 Å². The number of para-hydroxylation sites is 3. The smallest absolute Gasteiger partial charge is 0.433 e. The van der Waals surface area contributed by atoms with Crippen molar-refractivity contribution in [2.75, 3.05) is 23.8 Å². The van der Waals surface area contributed by atoms with Gasteiger partial charge in [-0.15, -0.1) is 0 Å². The molecule has 36 heavy (non-hydrogen) atoms. The molecule has 0 saturated heterocycles.